The highest BCUT2D eigenvalue weighted by atomic mass is 16.3. The molecule has 1 N–H and O–H groups in total. The van der Waals surface area contributed by atoms with Crippen LogP contribution in [-0.2, 0) is 6.42 Å². The first-order valence-corrected chi connectivity index (χ1v) is 6.57. The van der Waals surface area contributed by atoms with Crippen LogP contribution >= 0.6 is 0 Å². The first-order valence-electron chi connectivity index (χ1n) is 6.57. The lowest BCUT2D eigenvalue weighted by Gasteiger charge is -2.15. The molecule has 0 spiro atoms. The van der Waals surface area contributed by atoms with Crippen LogP contribution in [0.25, 0.3) is 0 Å². The molecule has 4 nitrogen and oxygen atoms in total. The van der Waals surface area contributed by atoms with Gasteiger partial charge in [0.2, 0.25) is 5.95 Å². The number of hydrogen-bond donors (Lipinski definition) is 1. The van der Waals surface area contributed by atoms with Gasteiger partial charge < -0.3 is 10.0 Å². The maximum absolute atomic E-state index is 9.33. The summed E-state index contributed by atoms with van der Waals surface area (Å²) < 4.78 is 0. The minimum atomic E-state index is 0.196. The number of rotatable bonds is 5. The third kappa shape index (κ3) is 2.70. The molecule has 1 saturated heterocycles. The summed E-state index contributed by atoms with van der Waals surface area (Å²) in [6, 6.07) is 0. The summed E-state index contributed by atoms with van der Waals surface area (Å²) in [5.41, 5.74) is 1.18. The number of hydrogen-bond acceptors (Lipinski definition) is 4. The third-order valence-corrected chi connectivity index (χ3v) is 3.54. The van der Waals surface area contributed by atoms with Gasteiger partial charge in [0.1, 0.15) is 0 Å². The summed E-state index contributed by atoms with van der Waals surface area (Å²) in [4.78, 5) is 11.0. The number of aliphatic hydroxyl groups is 1. The van der Waals surface area contributed by atoms with E-state index in [9.17, 15) is 5.11 Å². The predicted molar refractivity (Wildman–Crippen MR) is 72.5 cm³/mol. The topological polar surface area (TPSA) is 49.2 Å². The minimum Gasteiger partial charge on any atom is -0.396 e. The second kappa shape index (κ2) is 5.96. The van der Waals surface area contributed by atoms with E-state index >= 15 is 0 Å². The van der Waals surface area contributed by atoms with E-state index in [1.807, 2.05) is 18.5 Å². The Morgan fingerprint density at radius 2 is 2.17 bits per heavy atom. The Morgan fingerprint density at radius 1 is 1.44 bits per heavy atom. The van der Waals surface area contributed by atoms with Crippen molar-refractivity contribution in [3.05, 3.63) is 30.6 Å². The van der Waals surface area contributed by atoms with Gasteiger partial charge in [0.25, 0.3) is 0 Å². The van der Waals surface area contributed by atoms with Gasteiger partial charge in [0.15, 0.2) is 0 Å². The standard InChI is InChI=1S/C14H21N3O/c1-3-5-11-6-15-14(16-7-11)17-8-12(4-2)13(9-17)10-18/h4,6-7,12-13,18H,2-3,5,8-10H2,1H3/t12-,13-/m0/s1. The Kier molecular flexibility index (Phi) is 4.31. The molecule has 1 aliphatic heterocycles. The molecule has 1 aromatic rings. The molecule has 0 aromatic carbocycles. The maximum atomic E-state index is 9.33. The van der Waals surface area contributed by atoms with E-state index in [-0.39, 0.29) is 12.5 Å². The van der Waals surface area contributed by atoms with Gasteiger partial charge in [-0.25, -0.2) is 9.97 Å². The van der Waals surface area contributed by atoms with Crippen LogP contribution in [0.15, 0.2) is 25.0 Å². The summed E-state index contributed by atoms with van der Waals surface area (Å²) in [6.07, 6.45) is 7.86. The molecule has 0 bridgehead atoms. The molecule has 0 radical (unpaired) electrons. The molecular formula is C14H21N3O. The van der Waals surface area contributed by atoms with Crippen LogP contribution < -0.4 is 4.90 Å². The van der Waals surface area contributed by atoms with E-state index < -0.39 is 0 Å². The Bertz CT molecular complexity index is 391. The van der Waals surface area contributed by atoms with Crippen LogP contribution in [0.3, 0.4) is 0 Å². The van der Waals surface area contributed by atoms with Crippen LogP contribution in [0.2, 0.25) is 0 Å². The number of aliphatic hydroxyl groups excluding tert-OH is 1. The second-order valence-corrected chi connectivity index (χ2v) is 4.89. The molecule has 2 rings (SSSR count). The number of nitrogens with zero attached hydrogens (tertiary/aromatic N) is 3. The van der Waals surface area contributed by atoms with Crippen LogP contribution in [0.4, 0.5) is 5.95 Å². The number of aryl methyl sites for hydroxylation is 1. The molecule has 0 unspecified atom stereocenters. The van der Waals surface area contributed by atoms with Crippen molar-refractivity contribution >= 4 is 5.95 Å². The first kappa shape index (κ1) is 13.0. The van der Waals surface area contributed by atoms with E-state index in [1.54, 1.807) is 0 Å². The van der Waals surface area contributed by atoms with Crippen LogP contribution in [-0.4, -0.2) is 34.8 Å². The zero-order chi connectivity index (χ0) is 13.0. The largest absolute Gasteiger partial charge is 0.396 e. The van der Waals surface area contributed by atoms with E-state index in [0.717, 1.165) is 31.9 Å². The molecule has 4 heteroatoms. The van der Waals surface area contributed by atoms with Crippen molar-refractivity contribution in [3.8, 4) is 0 Å². The fourth-order valence-corrected chi connectivity index (χ4v) is 2.45. The van der Waals surface area contributed by atoms with Gasteiger partial charge in [-0.3, -0.25) is 0 Å². The smallest absolute Gasteiger partial charge is 0.225 e. The maximum Gasteiger partial charge on any atom is 0.225 e. The van der Waals surface area contributed by atoms with Crippen molar-refractivity contribution in [1.82, 2.24) is 9.97 Å². The first-order chi connectivity index (χ1) is 8.78. The Labute approximate surface area is 108 Å². The third-order valence-electron chi connectivity index (χ3n) is 3.54. The lowest BCUT2D eigenvalue weighted by Crippen LogP contribution is -2.22. The molecule has 1 aromatic heterocycles. The monoisotopic (exact) mass is 247 g/mol. The second-order valence-electron chi connectivity index (χ2n) is 4.89. The molecule has 1 fully saturated rings. The summed E-state index contributed by atoms with van der Waals surface area (Å²) in [6.45, 7) is 7.83. The number of aromatic nitrogens is 2. The van der Waals surface area contributed by atoms with Crippen molar-refractivity contribution in [2.75, 3.05) is 24.6 Å². The Balaban J connectivity index is 2.06. The highest BCUT2D eigenvalue weighted by Crippen LogP contribution is 2.26. The van der Waals surface area contributed by atoms with Gasteiger partial charge in [0, 0.05) is 43.9 Å². The predicted octanol–water partition coefficient (Wildman–Crippen LogP) is 1.66. The van der Waals surface area contributed by atoms with Gasteiger partial charge in [-0.15, -0.1) is 6.58 Å². The summed E-state index contributed by atoms with van der Waals surface area (Å²) in [5.74, 6) is 1.34. The molecule has 0 aliphatic carbocycles. The average Bonchev–Trinajstić information content (AvgIpc) is 2.83. The fourth-order valence-electron chi connectivity index (χ4n) is 2.45. The zero-order valence-corrected chi connectivity index (χ0v) is 10.9. The summed E-state index contributed by atoms with van der Waals surface area (Å²) in [5, 5.41) is 9.33. The summed E-state index contributed by atoms with van der Waals surface area (Å²) >= 11 is 0. The number of anilines is 1. The van der Waals surface area contributed by atoms with Crippen LogP contribution in [0, 0.1) is 11.8 Å². The molecule has 18 heavy (non-hydrogen) atoms. The van der Waals surface area contributed by atoms with Gasteiger partial charge in [-0.1, -0.05) is 19.4 Å². The van der Waals surface area contributed by atoms with E-state index in [0.29, 0.717) is 5.92 Å². The molecule has 2 heterocycles. The fraction of sp³-hybridized carbons (Fsp3) is 0.571. The Hall–Kier alpha value is -1.42. The van der Waals surface area contributed by atoms with Gasteiger partial charge in [0.05, 0.1) is 0 Å². The van der Waals surface area contributed by atoms with Crippen LogP contribution in [0.5, 0.6) is 0 Å². The van der Waals surface area contributed by atoms with E-state index in [2.05, 4.69) is 28.4 Å². The van der Waals surface area contributed by atoms with Gasteiger partial charge in [-0.2, -0.15) is 0 Å². The van der Waals surface area contributed by atoms with Crippen molar-refractivity contribution < 1.29 is 5.11 Å². The lowest BCUT2D eigenvalue weighted by molar-refractivity contribution is 0.220. The quantitative estimate of drug-likeness (QED) is 0.804. The van der Waals surface area contributed by atoms with Gasteiger partial charge >= 0.3 is 0 Å². The van der Waals surface area contributed by atoms with Crippen molar-refractivity contribution in [3.63, 3.8) is 0 Å². The summed E-state index contributed by atoms with van der Waals surface area (Å²) in [7, 11) is 0. The van der Waals surface area contributed by atoms with Crippen molar-refractivity contribution in [2.24, 2.45) is 11.8 Å². The minimum absolute atomic E-state index is 0.196. The molecule has 0 amide bonds. The SMILES string of the molecule is C=C[C@H]1CN(c2ncc(CCC)cn2)C[C@H]1CO. The Morgan fingerprint density at radius 3 is 2.67 bits per heavy atom. The molecular weight excluding hydrogens is 226 g/mol. The molecule has 98 valence electrons. The molecule has 1 aliphatic rings. The van der Waals surface area contributed by atoms with E-state index in [4.69, 9.17) is 0 Å². The van der Waals surface area contributed by atoms with Crippen molar-refractivity contribution in [1.29, 1.82) is 0 Å². The van der Waals surface area contributed by atoms with Crippen molar-refractivity contribution in [2.45, 2.75) is 19.8 Å². The lowest BCUT2D eigenvalue weighted by atomic mass is 9.97. The average molecular weight is 247 g/mol. The van der Waals surface area contributed by atoms with Gasteiger partial charge in [-0.05, 0) is 12.0 Å². The van der Waals surface area contributed by atoms with Crippen LogP contribution in [0.1, 0.15) is 18.9 Å². The zero-order valence-electron chi connectivity index (χ0n) is 10.9. The highest BCUT2D eigenvalue weighted by molar-refractivity contribution is 5.33. The van der Waals surface area contributed by atoms with E-state index in [1.165, 1.54) is 5.56 Å². The molecule has 2 atom stereocenters. The highest BCUT2D eigenvalue weighted by Gasteiger charge is 2.31. The molecule has 0 saturated carbocycles. The normalized spacial score (nSPS) is 23.3.